The van der Waals surface area contributed by atoms with E-state index in [9.17, 15) is 4.79 Å². The van der Waals surface area contributed by atoms with E-state index in [2.05, 4.69) is 0 Å². The minimum atomic E-state index is -0.791. The van der Waals surface area contributed by atoms with Crippen LogP contribution >= 0.6 is 0 Å². The Balaban J connectivity index is 2.64. The molecular formula is C14H21NO5. The van der Waals surface area contributed by atoms with Gasteiger partial charge >= 0.3 is 5.97 Å². The highest BCUT2D eigenvalue weighted by Gasteiger charge is 2.11. The highest BCUT2D eigenvalue weighted by Crippen LogP contribution is 2.33. The van der Waals surface area contributed by atoms with Crippen molar-refractivity contribution in [1.29, 1.82) is 0 Å². The van der Waals surface area contributed by atoms with Gasteiger partial charge in [0.25, 0.3) is 0 Å². The van der Waals surface area contributed by atoms with Crippen LogP contribution in [0.2, 0.25) is 0 Å². The Morgan fingerprint density at radius 3 is 2.25 bits per heavy atom. The van der Waals surface area contributed by atoms with E-state index < -0.39 is 5.97 Å². The van der Waals surface area contributed by atoms with Crippen LogP contribution in [0.5, 0.6) is 17.2 Å². The molecule has 0 radical (unpaired) electrons. The number of hydrogen-bond acceptors (Lipinski definition) is 5. The molecular weight excluding hydrogens is 262 g/mol. The van der Waals surface area contributed by atoms with Crippen molar-refractivity contribution in [2.24, 2.45) is 5.73 Å². The largest absolute Gasteiger partial charge is 0.496 e. The number of benzene rings is 1. The molecule has 0 fully saturated rings. The molecule has 112 valence electrons. The van der Waals surface area contributed by atoms with Crippen molar-refractivity contribution >= 4 is 5.97 Å². The first kappa shape index (κ1) is 16.1. The topological polar surface area (TPSA) is 91.0 Å². The normalized spacial score (nSPS) is 10.2. The maximum absolute atomic E-state index is 10.4. The zero-order valence-electron chi connectivity index (χ0n) is 11.8. The van der Waals surface area contributed by atoms with E-state index in [-0.39, 0.29) is 6.42 Å². The van der Waals surface area contributed by atoms with E-state index >= 15 is 0 Å². The summed E-state index contributed by atoms with van der Waals surface area (Å²) in [5, 5.41) is 8.54. The van der Waals surface area contributed by atoms with Crippen molar-refractivity contribution in [3.8, 4) is 17.2 Å². The van der Waals surface area contributed by atoms with Gasteiger partial charge in [-0.3, -0.25) is 4.79 Å². The van der Waals surface area contributed by atoms with Crippen molar-refractivity contribution in [2.45, 2.75) is 25.8 Å². The molecule has 0 aliphatic carbocycles. The lowest BCUT2D eigenvalue weighted by atomic mass is 10.1. The zero-order chi connectivity index (χ0) is 15.0. The Labute approximate surface area is 118 Å². The smallest absolute Gasteiger partial charge is 0.303 e. The van der Waals surface area contributed by atoms with Crippen molar-refractivity contribution in [1.82, 2.24) is 0 Å². The number of carbonyl (C=O) groups is 1. The second-order valence-electron chi connectivity index (χ2n) is 4.21. The molecule has 0 bridgehead atoms. The van der Waals surface area contributed by atoms with Gasteiger partial charge in [0.2, 0.25) is 0 Å². The fourth-order valence-electron chi connectivity index (χ4n) is 1.81. The van der Waals surface area contributed by atoms with Crippen LogP contribution < -0.4 is 19.9 Å². The molecule has 1 aromatic rings. The summed E-state index contributed by atoms with van der Waals surface area (Å²) >= 11 is 0. The molecule has 6 nitrogen and oxygen atoms in total. The molecule has 1 rings (SSSR count). The Bertz CT molecular complexity index is 422. The number of carboxylic acids is 1. The predicted octanol–water partition coefficient (Wildman–Crippen LogP) is 1.80. The number of rotatable bonds is 9. The highest BCUT2D eigenvalue weighted by atomic mass is 16.5. The molecule has 0 aliphatic rings. The summed E-state index contributed by atoms with van der Waals surface area (Å²) in [5.41, 5.74) is 6.45. The third kappa shape index (κ3) is 4.62. The van der Waals surface area contributed by atoms with Gasteiger partial charge in [0, 0.05) is 30.7 Å². The van der Waals surface area contributed by atoms with Gasteiger partial charge in [0.05, 0.1) is 20.8 Å². The molecule has 0 unspecified atom stereocenters. The summed E-state index contributed by atoms with van der Waals surface area (Å²) in [4.78, 5) is 10.4. The molecule has 6 heteroatoms. The van der Waals surface area contributed by atoms with E-state index in [0.717, 1.165) is 5.56 Å². The molecule has 0 spiro atoms. The molecule has 3 N–H and O–H groups in total. The molecule has 0 aromatic heterocycles. The molecule has 0 saturated carbocycles. The lowest BCUT2D eigenvalue weighted by molar-refractivity contribution is -0.137. The lowest BCUT2D eigenvalue weighted by Gasteiger charge is -2.14. The lowest BCUT2D eigenvalue weighted by Crippen LogP contribution is -2.05. The van der Waals surface area contributed by atoms with Gasteiger partial charge in [-0.1, -0.05) is 0 Å². The molecule has 0 aliphatic heterocycles. The average Bonchev–Trinajstić information content (AvgIpc) is 2.45. The predicted molar refractivity (Wildman–Crippen MR) is 74.4 cm³/mol. The van der Waals surface area contributed by atoms with Crippen LogP contribution in [0, 0.1) is 0 Å². The monoisotopic (exact) mass is 283 g/mol. The number of aliphatic carboxylic acids is 1. The number of unbranched alkanes of at least 4 members (excludes halogenated alkanes) is 1. The summed E-state index contributed by atoms with van der Waals surface area (Å²) in [6, 6.07) is 3.50. The van der Waals surface area contributed by atoms with Crippen LogP contribution in [0.15, 0.2) is 12.1 Å². The molecule has 0 atom stereocenters. The average molecular weight is 283 g/mol. The van der Waals surface area contributed by atoms with Crippen LogP contribution in [-0.2, 0) is 11.3 Å². The number of hydrogen-bond donors (Lipinski definition) is 2. The number of methoxy groups -OCH3 is 2. The zero-order valence-corrected chi connectivity index (χ0v) is 11.8. The standard InChI is InChI=1S/C14H21NO5/c1-18-12-7-10(8-13(19-2)11(12)9-15)20-6-4-3-5-14(16)17/h7-8H,3-6,9,15H2,1-2H3,(H,16,17). The summed E-state index contributed by atoms with van der Waals surface area (Å²) in [7, 11) is 3.12. The Morgan fingerprint density at radius 1 is 1.20 bits per heavy atom. The van der Waals surface area contributed by atoms with Gasteiger partial charge in [-0.15, -0.1) is 0 Å². The summed E-state index contributed by atoms with van der Waals surface area (Å²) in [5.74, 6) is 1.06. The number of nitrogens with two attached hydrogens (primary N) is 1. The van der Waals surface area contributed by atoms with E-state index in [0.29, 0.717) is 43.2 Å². The van der Waals surface area contributed by atoms with Crippen LogP contribution in [0.3, 0.4) is 0 Å². The SMILES string of the molecule is COc1cc(OCCCCC(=O)O)cc(OC)c1CN. The third-order valence-corrected chi connectivity index (χ3v) is 2.84. The Kier molecular flexibility index (Phi) is 6.66. The fourth-order valence-corrected chi connectivity index (χ4v) is 1.81. The summed E-state index contributed by atoms with van der Waals surface area (Å²) in [6.07, 6.45) is 1.42. The first-order valence-corrected chi connectivity index (χ1v) is 6.42. The van der Waals surface area contributed by atoms with Gasteiger partial charge in [-0.2, -0.15) is 0 Å². The maximum atomic E-state index is 10.4. The first-order chi connectivity index (χ1) is 9.62. The van der Waals surface area contributed by atoms with E-state index in [1.807, 2.05) is 0 Å². The molecule has 0 saturated heterocycles. The molecule has 0 heterocycles. The Hall–Kier alpha value is -1.95. The van der Waals surface area contributed by atoms with Crippen LogP contribution in [0.25, 0.3) is 0 Å². The number of carboxylic acid groups (broad SMARTS) is 1. The first-order valence-electron chi connectivity index (χ1n) is 6.42. The third-order valence-electron chi connectivity index (χ3n) is 2.84. The van der Waals surface area contributed by atoms with Crippen molar-refractivity contribution in [3.63, 3.8) is 0 Å². The fraction of sp³-hybridized carbons (Fsp3) is 0.500. The van der Waals surface area contributed by atoms with Crippen molar-refractivity contribution in [2.75, 3.05) is 20.8 Å². The van der Waals surface area contributed by atoms with Gasteiger partial charge in [0.15, 0.2) is 0 Å². The molecule has 0 amide bonds. The minimum absolute atomic E-state index is 0.155. The summed E-state index contributed by atoms with van der Waals surface area (Å²) < 4.78 is 16.1. The van der Waals surface area contributed by atoms with Gasteiger partial charge in [-0.05, 0) is 12.8 Å². The quantitative estimate of drug-likeness (QED) is 0.671. The second-order valence-corrected chi connectivity index (χ2v) is 4.21. The van der Waals surface area contributed by atoms with Crippen molar-refractivity contribution in [3.05, 3.63) is 17.7 Å². The van der Waals surface area contributed by atoms with Crippen molar-refractivity contribution < 1.29 is 24.1 Å². The van der Waals surface area contributed by atoms with Crippen LogP contribution in [0.4, 0.5) is 0 Å². The molecule has 20 heavy (non-hydrogen) atoms. The minimum Gasteiger partial charge on any atom is -0.496 e. The van der Waals surface area contributed by atoms with E-state index in [1.165, 1.54) is 0 Å². The Morgan fingerprint density at radius 2 is 1.80 bits per heavy atom. The highest BCUT2D eigenvalue weighted by molar-refractivity contribution is 5.66. The van der Waals surface area contributed by atoms with Crippen LogP contribution in [0.1, 0.15) is 24.8 Å². The van der Waals surface area contributed by atoms with Gasteiger partial charge in [-0.25, -0.2) is 0 Å². The number of ether oxygens (including phenoxy) is 3. The molecule has 1 aromatic carbocycles. The van der Waals surface area contributed by atoms with Crippen LogP contribution in [-0.4, -0.2) is 31.9 Å². The van der Waals surface area contributed by atoms with Gasteiger partial charge < -0.3 is 25.1 Å². The maximum Gasteiger partial charge on any atom is 0.303 e. The van der Waals surface area contributed by atoms with E-state index in [1.54, 1.807) is 26.4 Å². The summed E-state index contributed by atoms with van der Waals surface area (Å²) in [6.45, 7) is 0.757. The second kappa shape index (κ2) is 8.27. The van der Waals surface area contributed by atoms with E-state index in [4.69, 9.17) is 25.1 Å². The van der Waals surface area contributed by atoms with Gasteiger partial charge in [0.1, 0.15) is 17.2 Å².